The third-order valence-electron chi connectivity index (χ3n) is 6.97. The highest BCUT2D eigenvalue weighted by Crippen LogP contribution is 2.51. The first kappa shape index (κ1) is 29.0. The molecule has 1 aromatic carbocycles. The van der Waals surface area contributed by atoms with Crippen LogP contribution in [-0.4, -0.2) is 120 Å². The highest BCUT2D eigenvalue weighted by molar-refractivity contribution is 7.89. The Labute approximate surface area is 224 Å². The maximum Gasteiger partial charge on any atom is 0.247 e. The van der Waals surface area contributed by atoms with Gasteiger partial charge in [0.2, 0.25) is 28.5 Å². The molecule has 11 nitrogen and oxygen atoms in total. The Kier molecular flexibility index (Phi) is 9.58. The van der Waals surface area contributed by atoms with Crippen molar-refractivity contribution in [3.8, 4) is 17.2 Å². The molecular formula is C22H34Cl2N4O7S. The maximum atomic E-state index is 13.9. The van der Waals surface area contributed by atoms with E-state index in [-0.39, 0.29) is 48.2 Å². The second kappa shape index (κ2) is 11.9. The lowest BCUT2D eigenvalue weighted by Crippen LogP contribution is -2.52. The molecule has 0 atom stereocenters. The monoisotopic (exact) mass is 568 g/mol. The van der Waals surface area contributed by atoms with Gasteiger partial charge in [-0.1, -0.05) is 0 Å². The summed E-state index contributed by atoms with van der Waals surface area (Å²) >= 11 is 0. The number of hydrogen-bond acceptors (Lipinski definition) is 9. The molecule has 0 aromatic heterocycles. The lowest BCUT2D eigenvalue weighted by Gasteiger charge is -2.36. The summed E-state index contributed by atoms with van der Waals surface area (Å²) in [7, 11) is -0.262. The Morgan fingerprint density at radius 1 is 0.944 bits per heavy atom. The lowest BCUT2D eigenvalue weighted by atomic mass is 9.97. The van der Waals surface area contributed by atoms with Crippen LogP contribution in [0.15, 0.2) is 4.90 Å². The Morgan fingerprint density at radius 2 is 1.61 bits per heavy atom. The minimum Gasteiger partial charge on any atom is -0.492 e. The van der Waals surface area contributed by atoms with Crippen LogP contribution in [0.4, 0.5) is 0 Å². The minimum absolute atomic E-state index is 0. The molecule has 0 unspecified atom stereocenters. The third kappa shape index (κ3) is 5.35. The predicted molar refractivity (Wildman–Crippen MR) is 136 cm³/mol. The molecule has 4 aliphatic heterocycles. The van der Waals surface area contributed by atoms with E-state index in [0.29, 0.717) is 83.5 Å². The Balaban J connectivity index is 0.00000180. The van der Waals surface area contributed by atoms with Crippen molar-refractivity contribution in [2.45, 2.75) is 17.9 Å². The van der Waals surface area contributed by atoms with E-state index in [1.165, 1.54) is 4.31 Å². The fourth-order valence-electron chi connectivity index (χ4n) is 5.10. The molecule has 0 N–H and O–H groups in total. The van der Waals surface area contributed by atoms with Gasteiger partial charge in [0.25, 0.3) is 0 Å². The molecule has 4 aliphatic rings. The summed E-state index contributed by atoms with van der Waals surface area (Å²) in [4.78, 5) is 18.8. The zero-order valence-electron chi connectivity index (χ0n) is 20.6. The average Bonchev–Trinajstić information content (AvgIpc) is 3.32. The smallest absolute Gasteiger partial charge is 0.247 e. The summed E-state index contributed by atoms with van der Waals surface area (Å²) in [5.74, 6) is 1.24. The first-order valence-electron chi connectivity index (χ1n) is 11.7. The predicted octanol–water partition coefficient (Wildman–Crippen LogP) is 0.421. The number of likely N-dealkylation sites (N-methyl/N-ethyl adjacent to an activating group) is 1. The standard InChI is InChI=1S/C22H32N4O7S.2ClH/c1-23-4-3-16-17(13-23)19(30-2)20-21(33-15-32-20)22(16)34(28,29)26-7-5-24(6-8-26)14-18(27)25-9-11-31-12-10-25;;/h3-15H2,1-2H3;2*1H. The molecule has 1 aromatic rings. The molecular weight excluding hydrogens is 535 g/mol. The molecule has 14 heteroatoms. The number of fused-ring (bicyclic) bond motifs is 2. The van der Waals surface area contributed by atoms with Crippen molar-refractivity contribution in [1.82, 2.24) is 19.0 Å². The first-order chi connectivity index (χ1) is 16.4. The van der Waals surface area contributed by atoms with Gasteiger partial charge in [0, 0.05) is 57.9 Å². The van der Waals surface area contributed by atoms with Crippen LogP contribution >= 0.6 is 24.8 Å². The van der Waals surface area contributed by atoms with Gasteiger partial charge < -0.3 is 28.7 Å². The summed E-state index contributed by atoms with van der Waals surface area (Å²) in [6.07, 6.45) is 0.585. The molecule has 204 valence electrons. The van der Waals surface area contributed by atoms with Crippen molar-refractivity contribution in [3.63, 3.8) is 0 Å². The minimum atomic E-state index is -3.83. The summed E-state index contributed by atoms with van der Waals surface area (Å²) in [5.41, 5.74) is 1.60. The lowest BCUT2D eigenvalue weighted by molar-refractivity contribution is -0.136. The van der Waals surface area contributed by atoms with Gasteiger partial charge >= 0.3 is 0 Å². The highest BCUT2D eigenvalue weighted by atomic mass is 35.5. The Hall–Kier alpha value is -1.54. The number of rotatable bonds is 5. The number of amides is 1. The van der Waals surface area contributed by atoms with E-state index >= 15 is 0 Å². The number of ether oxygens (including phenoxy) is 4. The summed E-state index contributed by atoms with van der Waals surface area (Å²) in [6, 6.07) is 0. The zero-order chi connectivity index (χ0) is 23.9. The van der Waals surface area contributed by atoms with E-state index in [4.69, 9.17) is 18.9 Å². The van der Waals surface area contributed by atoms with Gasteiger partial charge in [0.1, 0.15) is 4.90 Å². The van der Waals surface area contributed by atoms with Gasteiger partial charge in [0.15, 0.2) is 11.5 Å². The largest absolute Gasteiger partial charge is 0.492 e. The van der Waals surface area contributed by atoms with Gasteiger partial charge in [-0.15, -0.1) is 24.8 Å². The van der Waals surface area contributed by atoms with Crippen molar-refractivity contribution in [1.29, 1.82) is 0 Å². The number of hydrogen-bond donors (Lipinski definition) is 0. The zero-order valence-corrected chi connectivity index (χ0v) is 23.0. The Morgan fingerprint density at radius 3 is 2.28 bits per heavy atom. The molecule has 0 saturated carbocycles. The molecule has 0 aliphatic carbocycles. The molecule has 0 radical (unpaired) electrons. The van der Waals surface area contributed by atoms with E-state index < -0.39 is 10.0 Å². The maximum absolute atomic E-state index is 13.9. The average molecular weight is 570 g/mol. The quantitative estimate of drug-likeness (QED) is 0.500. The number of benzene rings is 1. The topological polar surface area (TPSA) is 101 Å². The molecule has 2 saturated heterocycles. The number of carbonyl (C=O) groups is 1. The van der Waals surface area contributed by atoms with Crippen LogP contribution in [0.1, 0.15) is 11.1 Å². The fraction of sp³-hybridized carbons (Fsp3) is 0.682. The third-order valence-corrected chi connectivity index (χ3v) is 8.96. The van der Waals surface area contributed by atoms with E-state index in [1.54, 1.807) is 7.11 Å². The van der Waals surface area contributed by atoms with Crippen molar-refractivity contribution in [2.75, 3.05) is 86.5 Å². The number of methoxy groups -OCH3 is 1. The van der Waals surface area contributed by atoms with Crippen LogP contribution in [0, 0.1) is 0 Å². The first-order valence-corrected chi connectivity index (χ1v) is 13.1. The molecule has 5 rings (SSSR count). The SMILES string of the molecule is COc1c2c(c(S(=O)(=O)N3CCN(CC(=O)N4CCOCC4)CC3)c3c1OCO3)CCN(C)C2.Cl.Cl. The van der Waals surface area contributed by atoms with E-state index in [2.05, 4.69) is 4.90 Å². The van der Waals surface area contributed by atoms with Gasteiger partial charge in [0.05, 0.1) is 26.9 Å². The van der Waals surface area contributed by atoms with Crippen molar-refractivity contribution in [2.24, 2.45) is 0 Å². The number of halogens is 2. The van der Waals surface area contributed by atoms with Crippen molar-refractivity contribution in [3.05, 3.63) is 11.1 Å². The van der Waals surface area contributed by atoms with Crippen molar-refractivity contribution >= 4 is 40.7 Å². The summed E-state index contributed by atoms with van der Waals surface area (Å²) in [5, 5.41) is 0. The summed E-state index contributed by atoms with van der Waals surface area (Å²) < 4.78 is 51.6. The van der Waals surface area contributed by atoms with Gasteiger partial charge in [-0.3, -0.25) is 9.69 Å². The second-order valence-electron chi connectivity index (χ2n) is 9.05. The molecule has 0 bridgehead atoms. The molecule has 0 spiro atoms. The molecule has 1 amide bonds. The van der Waals surface area contributed by atoms with E-state index in [9.17, 15) is 13.2 Å². The van der Waals surface area contributed by atoms with Crippen LogP contribution < -0.4 is 14.2 Å². The van der Waals surface area contributed by atoms with Gasteiger partial charge in [-0.05, 0) is 19.0 Å². The van der Waals surface area contributed by atoms with Crippen LogP contribution in [0.2, 0.25) is 0 Å². The van der Waals surface area contributed by atoms with E-state index in [1.807, 2.05) is 16.8 Å². The van der Waals surface area contributed by atoms with Crippen LogP contribution in [-0.2, 0) is 32.5 Å². The fourth-order valence-corrected chi connectivity index (χ4v) is 6.92. The highest BCUT2D eigenvalue weighted by Gasteiger charge is 2.41. The molecule has 2 fully saturated rings. The number of carbonyl (C=O) groups excluding carboxylic acids is 1. The normalized spacial score (nSPS) is 20.8. The number of morpholine rings is 1. The van der Waals surface area contributed by atoms with Gasteiger partial charge in [-0.25, -0.2) is 8.42 Å². The van der Waals surface area contributed by atoms with Crippen molar-refractivity contribution < 1.29 is 32.2 Å². The van der Waals surface area contributed by atoms with Crippen LogP contribution in [0.3, 0.4) is 0 Å². The number of sulfonamides is 1. The second-order valence-corrected chi connectivity index (χ2v) is 10.9. The summed E-state index contributed by atoms with van der Waals surface area (Å²) in [6.45, 7) is 5.55. The number of nitrogens with zero attached hydrogens (tertiary/aromatic N) is 4. The van der Waals surface area contributed by atoms with Crippen LogP contribution in [0.5, 0.6) is 17.2 Å². The van der Waals surface area contributed by atoms with Gasteiger partial charge in [-0.2, -0.15) is 4.31 Å². The molecule has 36 heavy (non-hydrogen) atoms. The Bertz CT molecular complexity index is 1060. The van der Waals surface area contributed by atoms with Crippen LogP contribution in [0.25, 0.3) is 0 Å². The molecule has 4 heterocycles. The number of piperazine rings is 1. The van der Waals surface area contributed by atoms with E-state index in [0.717, 1.165) is 17.7 Å².